The predicted molar refractivity (Wildman–Crippen MR) is 100 cm³/mol. The Morgan fingerprint density at radius 2 is 1.85 bits per heavy atom. The number of pyridine rings is 1. The molecule has 0 fully saturated rings. The van der Waals surface area contributed by atoms with Crippen LogP contribution in [0.3, 0.4) is 0 Å². The summed E-state index contributed by atoms with van der Waals surface area (Å²) in [6.07, 6.45) is 2.31. The molecule has 1 unspecified atom stereocenters. The van der Waals surface area contributed by atoms with Gasteiger partial charge in [0.15, 0.2) is 0 Å². The van der Waals surface area contributed by atoms with Gasteiger partial charge in [0.2, 0.25) is 5.91 Å². The van der Waals surface area contributed by atoms with Gasteiger partial charge in [0.1, 0.15) is 11.9 Å². The second-order valence-electron chi connectivity index (χ2n) is 5.96. The zero-order chi connectivity index (χ0) is 19.2. The molecule has 2 aromatic heterocycles. The summed E-state index contributed by atoms with van der Waals surface area (Å²) in [7, 11) is 1.71. The number of anilines is 1. The van der Waals surface area contributed by atoms with E-state index in [9.17, 15) is 9.59 Å². The van der Waals surface area contributed by atoms with Crippen molar-refractivity contribution < 1.29 is 14.7 Å². The van der Waals surface area contributed by atoms with Gasteiger partial charge in [-0.1, -0.05) is 30.3 Å². The molecule has 8 nitrogen and oxygen atoms in total. The first kappa shape index (κ1) is 18.1. The van der Waals surface area contributed by atoms with E-state index in [1.54, 1.807) is 25.5 Å². The van der Waals surface area contributed by atoms with E-state index >= 15 is 0 Å². The molecule has 2 heterocycles. The maximum Gasteiger partial charge on any atom is 0.405 e. The van der Waals surface area contributed by atoms with Gasteiger partial charge in [-0.25, -0.2) is 4.79 Å². The van der Waals surface area contributed by atoms with E-state index in [0.29, 0.717) is 11.5 Å². The highest BCUT2D eigenvalue weighted by molar-refractivity contribution is 5.96. The summed E-state index contributed by atoms with van der Waals surface area (Å²) in [6.45, 7) is 0. The lowest BCUT2D eigenvalue weighted by molar-refractivity contribution is -0.118. The van der Waals surface area contributed by atoms with Crippen LogP contribution in [0.1, 0.15) is 5.56 Å². The topological polar surface area (TPSA) is 109 Å². The quantitative estimate of drug-likeness (QED) is 0.621. The highest BCUT2D eigenvalue weighted by Crippen LogP contribution is 2.20. The van der Waals surface area contributed by atoms with Crippen molar-refractivity contribution in [2.24, 2.45) is 7.05 Å². The van der Waals surface area contributed by atoms with Gasteiger partial charge in [-0.05, 0) is 17.7 Å². The molecule has 1 atom stereocenters. The largest absolute Gasteiger partial charge is 0.465 e. The second-order valence-corrected chi connectivity index (χ2v) is 5.96. The third-order valence-electron chi connectivity index (χ3n) is 4.00. The third kappa shape index (κ3) is 4.69. The zero-order valence-corrected chi connectivity index (χ0v) is 14.7. The number of carbonyl (C=O) groups excluding carboxylic acids is 1. The number of amides is 2. The van der Waals surface area contributed by atoms with Gasteiger partial charge < -0.3 is 15.7 Å². The van der Waals surface area contributed by atoms with Crippen molar-refractivity contribution in [2.45, 2.75) is 12.5 Å². The van der Waals surface area contributed by atoms with Gasteiger partial charge >= 0.3 is 6.09 Å². The fraction of sp³-hybridized carbons (Fsp3) is 0.158. The van der Waals surface area contributed by atoms with Crippen LogP contribution in [-0.4, -0.2) is 37.9 Å². The Balaban J connectivity index is 1.77. The van der Waals surface area contributed by atoms with Crippen LogP contribution >= 0.6 is 0 Å². The first-order chi connectivity index (χ1) is 13.0. The van der Waals surface area contributed by atoms with E-state index in [2.05, 4.69) is 20.7 Å². The highest BCUT2D eigenvalue weighted by Gasteiger charge is 2.22. The standard InChI is InChI=1S/C19H19N5O3/c1-24-17(12-15(23-24)14-7-9-20-10-8-14)22-18(25)16(21-19(26)27)11-13-5-3-2-4-6-13/h2-10,12,16,21H,11H2,1H3,(H,22,25)(H,26,27). The Bertz CT molecular complexity index is 925. The lowest BCUT2D eigenvalue weighted by Gasteiger charge is -2.16. The summed E-state index contributed by atoms with van der Waals surface area (Å²) in [5.41, 5.74) is 2.40. The minimum Gasteiger partial charge on any atom is -0.465 e. The number of nitrogens with zero attached hydrogens (tertiary/aromatic N) is 3. The van der Waals surface area contributed by atoms with E-state index in [0.717, 1.165) is 11.1 Å². The SMILES string of the molecule is Cn1nc(-c2ccncc2)cc1NC(=O)C(Cc1ccccc1)NC(=O)O. The molecule has 0 aliphatic rings. The van der Waals surface area contributed by atoms with E-state index in [1.165, 1.54) is 4.68 Å². The molecule has 2 amide bonds. The van der Waals surface area contributed by atoms with Crippen LogP contribution in [0.4, 0.5) is 10.6 Å². The van der Waals surface area contributed by atoms with Crippen molar-refractivity contribution >= 4 is 17.8 Å². The van der Waals surface area contributed by atoms with Crippen LogP contribution in [0.25, 0.3) is 11.3 Å². The Labute approximate surface area is 155 Å². The van der Waals surface area contributed by atoms with Crippen molar-refractivity contribution in [3.8, 4) is 11.3 Å². The van der Waals surface area contributed by atoms with Crippen molar-refractivity contribution in [1.82, 2.24) is 20.1 Å². The molecular formula is C19H19N5O3. The normalized spacial score (nSPS) is 11.6. The van der Waals surface area contributed by atoms with E-state index in [4.69, 9.17) is 5.11 Å². The molecule has 3 rings (SSSR count). The fourth-order valence-electron chi connectivity index (χ4n) is 2.67. The average Bonchev–Trinajstić information content (AvgIpc) is 3.03. The third-order valence-corrected chi connectivity index (χ3v) is 4.00. The lowest BCUT2D eigenvalue weighted by Crippen LogP contribution is -2.44. The first-order valence-electron chi connectivity index (χ1n) is 8.31. The molecule has 1 aromatic carbocycles. The first-order valence-corrected chi connectivity index (χ1v) is 8.31. The van der Waals surface area contributed by atoms with Crippen LogP contribution in [-0.2, 0) is 18.3 Å². The minimum atomic E-state index is -1.26. The van der Waals surface area contributed by atoms with Crippen molar-refractivity contribution in [3.05, 3.63) is 66.5 Å². The van der Waals surface area contributed by atoms with Gasteiger partial charge in [-0.2, -0.15) is 5.10 Å². The monoisotopic (exact) mass is 365 g/mol. The van der Waals surface area contributed by atoms with Crippen molar-refractivity contribution in [3.63, 3.8) is 0 Å². The maximum absolute atomic E-state index is 12.7. The molecular weight excluding hydrogens is 346 g/mol. The fourth-order valence-corrected chi connectivity index (χ4v) is 2.67. The van der Waals surface area contributed by atoms with Crippen molar-refractivity contribution in [2.75, 3.05) is 5.32 Å². The number of carboxylic acid groups (broad SMARTS) is 1. The van der Waals surface area contributed by atoms with E-state index in [-0.39, 0.29) is 6.42 Å². The van der Waals surface area contributed by atoms with Gasteiger partial charge in [0, 0.05) is 37.5 Å². The van der Waals surface area contributed by atoms with Crippen LogP contribution in [0.2, 0.25) is 0 Å². The average molecular weight is 365 g/mol. The van der Waals surface area contributed by atoms with E-state index in [1.807, 2.05) is 42.5 Å². The number of aryl methyl sites for hydroxylation is 1. The summed E-state index contributed by atoms with van der Waals surface area (Å²) in [5, 5.41) is 18.5. The molecule has 0 aliphatic carbocycles. The Morgan fingerprint density at radius 3 is 2.52 bits per heavy atom. The van der Waals surface area contributed by atoms with Gasteiger partial charge in [-0.15, -0.1) is 0 Å². The second kappa shape index (κ2) is 8.13. The molecule has 0 saturated heterocycles. The van der Waals surface area contributed by atoms with E-state index < -0.39 is 18.0 Å². The van der Waals surface area contributed by atoms with Crippen LogP contribution < -0.4 is 10.6 Å². The van der Waals surface area contributed by atoms with Gasteiger partial charge in [0.25, 0.3) is 0 Å². The number of aromatic nitrogens is 3. The number of hydrogen-bond acceptors (Lipinski definition) is 4. The molecule has 138 valence electrons. The smallest absolute Gasteiger partial charge is 0.405 e. The van der Waals surface area contributed by atoms with Crippen molar-refractivity contribution in [1.29, 1.82) is 0 Å². The van der Waals surface area contributed by atoms with Crippen LogP contribution in [0.15, 0.2) is 60.9 Å². The molecule has 3 N–H and O–H groups in total. The van der Waals surface area contributed by atoms with Crippen LogP contribution in [0, 0.1) is 0 Å². The van der Waals surface area contributed by atoms with Gasteiger partial charge in [0.05, 0.1) is 5.69 Å². The summed E-state index contributed by atoms with van der Waals surface area (Å²) in [6, 6.07) is 13.7. The molecule has 0 saturated carbocycles. The summed E-state index contributed by atoms with van der Waals surface area (Å²) in [5.74, 6) is 0.0163. The minimum absolute atomic E-state index is 0.244. The number of rotatable bonds is 6. The van der Waals surface area contributed by atoms with Crippen LogP contribution in [0.5, 0.6) is 0 Å². The summed E-state index contributed by atoms with van der Waals surface area (Å²) < 4.78 is 1.54. The summed E-state index contributed by atoms with van der Waals surface area (Å²) >= 11 is 0. The predicted octanol–water partition coefficient (Wildman–Crippen LogP) is 2.30. The Morgan fingerprint density at radius 1 is 1.15 bits per heavy atom. The molecule has 0 aliphatic heterocycles. The maximum atomic E-state index is 12.7. The molecule has 0 spiro atoms. The number of hydrogen-bond donors (Lipinski definition) is 3. The Hall–Kier alpha value is -3.68. The Kier molecular flexibility index (Phi) is 5.46. The molecule has 8 heteroatoms. The van der Waals surface area contributed by atoms with Gasteiger partial charge in [-0.3, -0.25) is 14.5 Å². The number of carbonyl (C=O) groups is 2. The molecule has 0 radical (unpaired) electrons. The zero-order valence-electron chi connectivity index (χ0n) is 14.7. The highest BCUT2D eigenvalue weighted by atomic mass is 16.4. The number of benzene rings is 1. The molecule has 3 aromatic rings. The lowest BCUT2D eigenvalue weighted by atomic mass is 10.1. The molecule has 27 heavy (non-hydrogen) atoms. The molecule has 0 bridgehead atoms. The summed E-state index contributed by atoms with van der Waals surface area (Å²) in [4.78, 5) is 27.7. The number of nitrogens with one attached hydrogen (secondary N) is 2.